The number of aromatic nitrogens is 2. The minimum atomic E-state index is -1.50. The minimum Gasteiger partial charge on any atom is -0.481 e. The van der Waals surface area contributed by atoms with Crippen molar-refractivity contribution < 1.29 is 39.0 Å². The van der Waals surface area contributed by atoms with Gasteiger partial charge in [-0.25, -0.2) is 9.78 Å². The normalized spacial score (nSPS) is 14.3. The van der Waals surface area contributed by atoms with Gasteiger partial charge in [-0.05, 0) is 12.3 Å². The summed E-state index contributed by atoms with van der Waals surface area (Å²) in [6, 6.07) is -5.40. The molecule has 0 spiro atoms. The van der Waals surface area contributed by atoms with Crippen molar-refractivity contribution in [3.8, 4) is 0 Å². The predicted molar refractivity (Wildman–Crippen MR) is 119 cm³/mol. The van der Waals surface area contributed by atoms with Gasteiger partial charge in [-0.3, -0.25) is 24.0 Å². The fourth-order valence-corrected chi connectivity index (χ4v) is 2.88. The number of hydrogen-bond donors (Lipinski definition) is 8. The predicted octanol–water partition coefficient (Wildman–Crippen LogP) is -2.79. The molecule has 1 heterocycles. The first-order valence-electron chi connectivity index (χ1n) is 10.7. The molecule has 1 aromatic rings. The van der Waals surface area contributed by atoms with Crippen LogP contribution in [0.15, 0.2) is 12.5 Å². The van der Waals surface area contributed by atoms with E-state index in [1.54, 1.807) is 13.8 Å². The molecule has 0 bridgehead atoms. The Morgan fingerprint density at radius 1 is 0.971 bits per heavy atom. The molecule has 15 heteroatoms. The molecule has 4 atom stereocenters. The Bertz CT molecular complexity index is 919. The minimum absolute atomic E-state index is 0.159. The van der Waals surface area contributed by atoms with E-state index >= 15 is 0 Å². The van der Waals surface area contributed by atoms with Gasteiger partial charge in [-0.15, -0.1) is 0 Å². The number of carbonyl (C=O) groups is 6. The van der Waals surface area contributed by atoms with Gasteiger partial charge in [0.1, 0.15) is 18.1 Å². The lowest BCUT2D eigenvalue weighted by molar-refractivity contribution is -0.143. The number of rotatable bonds is 15. The highest BCUT2D eigenvalue weighted by Crippen LogP contribution is 2.05. The van der Waals surface area contributed by atoms with E-state index in [4.69, 9.17) is 16.6 Å². The highest BCUT2D eigenvalue weighted by atomic mass is 16.4. The SMILES string of the molecule is CC(C)C(N)C(=O)NC(CC(N)=O)C(=O)NC(CCC(=O)O)C(=O)NC(Cc1cnc[nH]1)C(=O)O. The maximum atomic E-state index is 12.8. The molecule has 10 N–H and O–H groups in total. The first-order chi connectivity index (χ1) is 16.3. The number of carboxylic acid groups (broad SMARTS) is 2. The van der Waals surface area contributed by atoms with Crippen LogP contribution in [-0.2, 0) is 35.2 Å². The summed E-state index contributed by atoms with van der Waals surface area (Å²) in [7, 11) is 0. The summed E-state index contributed by atoms with van der Waals surface area (Å²) in [5.74, 6) is -6.58. The van der Waals surface area contributed by atoms with Crippen LogP contribution in [-0.4, -0.2) is 79.9 Å². The Morgan fingerprint density at radius 3 is 2.03 bits per heavy atom. The van der Waals surface area contributed by atoms with Crippen LogP contribution in [0.5, 0.6) is 0 Å². The van der Waals surface area contributed by atoms with Crippen molar-refractivity contribution in [3.63, 3.8) is 0 Å². The maximum absolute atomic E-state index is 12.8. The molecule has 0 fully saturated rings. The zero-order valence-corrected chi connectivity index (χ0v) is 19.3. The number of nitrogens with one attached hydrogen (secondary N) is 4. The van der Waals surface area contributed by atoms with E-state index in [1.165, 1.54) is 12.5 Å². The van der Waals surface area contributed by atoms with Crippen LogP contribution in [0.4, 0.5) is 0 Å². The van der Waals surface area contributed by atoms with Gasteiger partial charge in [0.25, 0.3) is 0 Å². The van der Waals surface area contributed by atoms with E-state index in [0.29, 0.717) is 5.69 Å². The van der Waals surface area contributed by atoms with Crippen LogP contribution in [0.2, 0.25) is 0 Å². The zero-order valence-electron chi connectivity index (χ0n) is 19.3. The average Bonchev–Trinajstić information content (AvgIpc) is 3.27. The topological polar surface area (TPSA) is 260 Å². The quantitative estimate of drug-likeness (QED) is 0.123. The third-order valence-electron chi connectivity index (χ3n) is 4.93. The molecule has 0 aliphatic heterocycles. The molecule has 0 saturated carbocycles. The molecule has 1 rings (SSSR count). The molecule has 35 heavy (non-hydrogen) atoms. The van der Waals surface area contributed by atoms with Crippen molar-refractivity contribution in [3.05, 3.63) is 18.2 Å². The number of nitrogens with zero attached hydrogens (tertiary/aromatic N) is 1. The number of aromatic amines is 1. The van der Waals surface area contributed by atoms with E-state index < -0.39 is 79.0 Å². The van der Waals surface area contributed by atoms with Gasteiger partial charge in [0.15, 0.2) is 0 Å². The van der Waals surface area contributed by atoms with Crippen LogP contribution < -0.4 is 27.4 Å². The van der Waals surface area contributed by atoms with E-state index in [2.05, 4.69) is 25.9 Å². The molecule has 0 saturated heterocycles. The molecule has 4 amide bonds. The second kappa shape index (κ2) is 13.6. The number of H-pyrrole nitrogens is 1. The second-order valence-corrected chi connectivity index (χ2v) is 8.18. The van der Waals surface area contributed by atoms with Crippen molar-refractivity contribution in [1.82, 2.24) is 25.9 Å². The third-order valence-corrected chi connectivity index (χ3v) is 4.93. The molecule has 194 valence electrons. The lowest BCUT2D eigenvalue weighted by Crippen LogP contribution is -2.58. The molecule has 15 nitrogen and oxygen atoms in total. The largest absolute Gasteiger partial charge is 0.481 e. The molecule has 0 radical (unpaired) electrons. The van der Waals surface area contributed by atoms with Gasteiger partial charge in [-0.1, -0.05) is 13.8 Å². The van der Waals surface area contributed by atoms with Gasteiger partial charge in [0.2, 0.25) is 23.6 Å². The fourth-order valence-electron chi connectivity index (χ4n) is 2.88. The van der Waals surface area contributed by atoms with Crippen LogP contribution >= 0.6 is 0 Å². The lowest BCUT2D eigenvalue weighted by atomic mass is 10.0. The van der Waals surface area contributed by atoms with Crippen LogP contribution in [0.25, 0.3) is 0 Å². The highest BCUT2D eigenvalue weighted by Gasteiger charge is 2.32. The Kier molecular flexibility index (Phi) is 11.3. The number of carbonyl (C=O) groups excluding carboxylic acids is 4. The number of carboxylic acids is 2. The molecule has 1 aromatic heterocycles. The second-order valence-electron chi connectivity index (χ2n) is 8.18. The monoisotopic (exact) mass is 497 g/mol. The standard InChI is InChI=1S/C20H31N7O8/c1-9(2)16(22)19(33)26-12(6-14(21)28)18(32)25-11(3-4-15(29)30)17(31)27-13(20(34)35)5-10-7-23-8-24-10/h7-9,11-13,16H,3-6,22H2,1-2H3,(H2,21,28)(H,23,24)(H,25,32)(H,26,33)(H,27,31)(H,29,30)(H,34,35). The number of nitrogens with two attached hydrogens (primary N) is 2. The Labute approximate surface area is 200 Å². The van der Waals surface area contributed by atoms with E-state index in [-0.39, 0.29) is 12.3 Å². The summed E-state index contributed by atoms with van der Waals surface area (Å²) < 4.78 is 0. The van der Waals surface area contributed by atoms with Crippen LogP contribution in [0.3, 0.4) is 0 Å². The van der Waals surface area contributed by atoms with Gasteiger partial charge in [0.05, 0.1) is 18.8 Å². The van der Waals surface area contributed by atoms with Crippen molar-refractivity contribution >= 4 is 35.6 Å². The zero-order chi connectivity index (χ0) is 26.7. The number of aliphatic carboxylic acids is 2. The van der Waals surface area contributed by atoms with Crippen molar-refractivity contribution in [2.45, 2.75) is 63.7 Å². The molecule has 0 aliphatic carbocycles. The number of hydrogen-bond acceptors (Lipinski definition) is 8. The maximum Gasteiger partial charge on any atom is 0.326 e. The van der Waals surface area contributed by atoms with E-state index in [9.17, 15) is 33.9 Å². The number of amides is 4. The molecular formula is C20H31N7O8. The Hall–Kier alpha value is -4.01. The van der Waals surface area contributed by atoms with Gasteiger partial charge >= 0.3 is 11.9 Å². The highest BCUT2D eigenvalue weighted by molar-refractivity contribution is 5.96. The molecule has 0 aromatic carbocycles. The molecule has 4 unspecified atom stereocenters. The van der Waals surface area contributed by atoms with Gasteiger partial charge in [0, 0.05) is 24.7 Å². The first kappa shape index (κ1) is 29.0. The third kappa shape index (κ3) is 10.2. The van der Waals surface area contributed by atoms with E-state index in [0.717, 1.165) is 0 Å². The summed E-state index contributed by atoms with van der Waals surface area (Å²) in [6.45, 7) is 3.34. The van der Waals surface area contributed by atoms with Crippen molar-refractivity contribution in [2.24, 2.45) is 17.4 Å². The number of imidazole rings is 1. The fraction of sp³-hybridized carbons (Fsp3) is 0.550. The molecule has 0 aliphatic rings. The van der Waals surface area contributed by atoms with E-state index in [1.807, 2.05) is 0 Å². The number of primary amides is 1. The Balaban J connectivity index is 3.03. The van der Waals surface area contributed by atoms with Crippen LogP contribution in [0, 0.1) is 5.92 Å². The summed E-state index contributed by atoms with van der Waals surface area (Å²) >= 11 is 0. The van der Waals surface area contributed by atoms with Crippen LogP contribution in [0.1, 0.15) is 38.8 Å². The Morgan fingerprint density at radius 2 is 1.54 bits per heavy atom. The summed E-state index contributed by atoms with van der Waals surface area (Å²) in [6.07, 6.45) is 0.976. The van der Waals surface area contributed by atoms with Crippen molar-refractivity contribution in [2.75, 3.05) is 0 Å². The summed E-state index contributed by atoms with van der Waals surface area (Å²) in [5, 5.41) is 25.2. The molecular weight excluding hydrogens is 466 g/mol. The van der Waals surface area contributed by atoms with Gasteiger partial charge in [-0.2, -0.15) is 0 Å². The van der Waals surface area contributed by atoms with Crippen molar-refractivity contribution in [1.29, 1.82) is 0 Å². The summed E-state index contributed by atoms with van der Waals surface area (Å²) in [5.41, 5.74) is 11.3. The smallest absolute Gasteiger partial charge is 0.326 e. The average molecular weight is 498 g/mol. The summed E-state index contributed by atoms with van der Waals surface area (Å²) in [4.78, 5) is 78.4. The van der Waals surface area contributed by atoms with Gasteiger partial charge < -0.3 is 42.6 Å². The first-order valence-corrected chi connectivity index (χ1v) is 10.7. The lowest BCUT2D eigenvalue weighted by Gasteiger charge is -2.25.